The van der Waals surface area contributed by atoms with E-state index in [0.717, 1.165) is 32.4 Å². The van der Waals surface area contributed by atoms with Gasteiger partial charge >= 0.3 is 16.8 Å². The molecule has 0 radical (unpaired) electrons. The van der Waals surface area contributed by atoms with Gasteiger partial charge in [0.05, 0.1) is 11.4 Å². The minimum absolute atomic E-state index is 0.202. The van der Waals surface area contributed by atoms with Gasteiger partial charge in [0.15, 0.2) is 0 Å². The molecule has 0 unspecified atom stereocenters. The number of aromatic amines is 1. The van der Waals surface area contributed by atoms with E-state index in [2.05, 4.69) is 4.98 Å². The van der Waals surface area contributed by atoms with Crippen LogP contribution in [0.25, 0.3) is 0 Å². The Balaban J connectivity index is 2.01. The van der Waals surface area contributed by atoms with Crippen LogP contribution in [-0.4, -0.2) is 27.8 Å². The Morgan fingerprint density at radius 3 is 3.00 bits per heavy atom. The normalized spacial score (nSPS) is 24.5. The highest BCUT2D eigenvalue weighted by molar-refractivity contribution is 7.99. The number of aliphatic carboxylic acids is 1. The molecule has 0 amide bonds. The smallest absolute Gasteiger partial charge is 0.319 e. The lowest BCUT2D eigenvalue weighted by molar-refractivity contribution is -0.154. The van der Waals surface area contributed by atoms with Gasteiger partial charge in [0, 0.05) is 22.1 Å². The summed E-state index contributed by atoms with van der Waals surface area (Å²) < 4.78 is 5.48. The summed E-state index contributed by atoms with van der Waals surface area (Å²) in [4.78, 5) is 39.4. The van der Waals surface area contributed by atoms with E-state index in [-0.39, 0.29) is 17.0 Å². The number of thiazole rings is 1. The Morgan fingerprint density at radius 2 is 2.25 bits per heavy atom. The first kappa shape index (κ1) is 15.5. The Hall–Kier alpha value is -2.06. The predicted octanol–water partition coefficient (Wildman–Crippen LogP) is 2.36. The molecule has 0 aliphatic carbocycles. The Labute approximate surface area is 144 Å². The zero-order chi connectivity index (χ0) is 17.1. The van der Waals surface area contributed by atoms with E-state index in [1.165, 1.54) is 11.8 Å². The van der Waals surface area contributed by atoms with Crippen molar-refractivity contribution in [2.45, 2.75) is 24.3 Å². The number of H-pyrrole nitrogens is 1. The number of aryl methyl sites for hydroxylation is 1. The number of rotatable bonds is 2. The average Bonchev–Trinajstić information content (AvgIpc) is 2.88. The first-order valence-corrected chi connectivity index (χ1v) is 9.11. The van der Waals surface area contributed by atoms with Crippen LogP contribution < -0.4 is 9.61 Å². The van der Waals surface area contributed by atoms with Gasteiger partial charge in [-0.1, -0.05) is 29.0 Å². The molecule has 2 atom stereocenters. The van der Waals surface area contributed by atoms with E-state index in [1.807, 2.05) is 19.1 Å². The molecule has 4 rings (SSSR count). The van der Waals surface area contributed by atoms with Crippen LogP contribution in [0.3, 0.4) is 0 Å². The van der Waals surface area contributed by atoms with E-state index in [0.29, 0.717) is 5.75 Å². The summed E-state index contributed by atoms with van der Waals surface area (Å²) in [5, 5.41) is 10.1. The number of carbonyl (C=O) groups is 2. The van der Waals surface area contributed by atoms with Gasteiger partial charge in [-0.3, -0.25) is 14.4 Å². The number of hydrogen-bond donors (Lipinski definition) is 2. The predicted molar refractivity (Wildman–Crippen MR) is 89.0 cm³/mol. The molecule has 0 saturated heterocycles. The van der Waals surface area contributed by atoms with E-state index >= 15 is 0 Å². The van der Waals surface area contributed by atoms with Crippen LogP contribution in [0.15, 0.2) is 28.0 Å². The second-order valence-electron chi connectivity index (χ2n) is 6.09. The van der Waals surface area contributed by atoms with Crippen molar-refractivity contribution in [1.29, 1.82) is 0 Å². The van der Waals surface area contributed by atoms with Crippen molar-refractivity contribution in [3.8, 4) is 5.75 Å². The highest BCUT2D eigenvalue weighted by atomic mass is 32.2. The van der Waals surface area contributed by atoms with Crippen LogP contribution in [-0.2, 0) is 9.59 Å². The number of carbonyl (C=O) groups excluding carboxylic acids is 1. The minimum Gasteiger partial charge on any atom is -0.481 e. The van der Waals surface area contributed by atoms with Gasteiger partial charge < -0.3 is 14.8 Å². The second kappa shape index (κ2) is 5.22. The van der Waals surface area contributed by atoms with Crippen LogP contribution in [0.4, 0.5) is 0 Å². The summed E-state index contributed by atoms with van der Waals surface area (Å²) in [7, 11) is 0. The number of nitrogens with one attached hydrogen (secondary N) is 1. The number of fused-ring (bicyclic) bond motifs is 5. The molecule has 8 heteroatoms. The molecular formula is C16H13NO5S2. The zero-order valence-electron chi connectivity index (χ0n) is 12.6. The first-order chi connectivity index (χ1) is 11.4. The number of ether oxygens (including phenoxy) is 1. The SMILES string of the molecule is Cc1ccc2c(c1)[C@H]1c3sc(=O)[nH]c3SC[C@@]1(CC(=O)O)C(=O)O2. The fraction of sp³-hybridized carbons (Fsp3) is 0.312. The molecular weight excluding hydrogens is 350 g/mol. The van der Waals surface area contributed by atoms with Gasteiger partial charge in [0.1, 0.15) is 11.2 Å². The van der Waals surface area contributed by atoms with Crippen molar-refractivity contribution >= 4 is 35.0 Å². The number of carboxylic acids is 1. The van der Waals surface area contributed by atoms with Crippen LogP contribution >= 0.6 is 23.1 Å². The fourth-order valence-electron chi connectivity index (χ4n) is 3.46. The van der Waals surface area contributed by atoms with Crippen LogP contribution in [0, 0.1) is 12.3 Å². The van der Waals surface area contributed by atoms with Crippen molar-refractivity contribution in [2.75, 3.05) is 5.75 Å². The van der Waals surface area contributed by atoms with Gasteiger partial charge in [-0.05, 0) is 13.0 Å². The Kier molecular flexibility index (Phi) is 3.36. The lowest BCUT2D eigenvalue weighted by atomic mass is 9.68. The number of hydrogen-bond acceptors (Lipinski definition) is 6. The van der Waals surface area contributed by atoms with Crippen molar-refractivity contribution in [1.82, 2.24) is 4.98 Å². The number of thioether (sulfide) groups is 1. The van der Waals surface area contributed by atoms with E-state index in [4.69, 9.17) is 4.74 Å². The molecule has 2 aliphatic heterocycles. The lowest BCUT2D eigenvalue weighted by Gasteiger charge is -2.43. The summed E-state index contributed by atoms with van der Waals surface area (Å²) in [6.45, 7) is 1.92. The van der Waals surface area contributed by atoms with Gasteiger partial charge in [-0.2, -0.15) is 0 Å². The average molecular weight is 363 g/mol. The number of carboxylic acid groups (broad SMARTS) is 1. The van der Waals surface area contributed by atoms with Crippen LogP contribution in [0.1, 0.15) is 28.3 Å². The molecule has 2 aliphatic rings. The molecule has 24 heavy (non-hydrogen) atoms. The summed E-state index contributed by atoms with van der Waals surface area (Å²) in [6.07, 6.45) is -0.331. The molecule has 3 heterocycles. The molecule has 1 aromatic heterocycles. The third-order valence-corrected chi connectivity index (χ3v) is 6.83. The molecule has 124 valence electrons. The third-order valence-electron chi connectivity index (χ3n) is 4.48. The van der Waals surface area contributed by atoms with Gasteiger partial charge in [0.25, 0.3) is 0 Å². The maximum Gasteiger partial charge on any atom is 0.319 e. The van der Waals surface area contributed by atoms with Crippen molar-refractivity contribution in [3.63, 3.8) is 0 Å². The summed E-state index contributed by atoms with van der Waals surface area (Å²) in [6, 6.07) is 5.48. The number of esters is 1. The van der Waals surface area contributed by atoms with Gasteiger partial charge in [-0.25, -0.2) is 0 Å². The first-order valence-electron chi connectivity index (χ1n) is 7.31. The number of aromatic nitrogens is 1. The lowest BCUT2D eigenvalue weighted by Crippen LogP contribution is -2.48. The zero-order valence-corrected chi connectivity index (χ0v) is 14.3. The second-order valence-corrected chi connectivity index (χ2v) is 8.09. The largest absolute Gasteiger partial charge is 0.481 e. The summed E-state index contributed by atoms with van der Waals surface area (Å²) in [5.74, 6) is -1.37. The number of benzene rings is 1. The van der Waals surface area contributed by atoms with Gasteiger partial charge in [-0.15, -0.1) is 11.8 Å². The topological polar surface area (TPSA) is 96.5 Å². The molecule has 0 spiro atoms. The third kappa shape index (κ3) is 2.13. The molecule has 0 fully saturated rings. The van der Waals surface area contributed by atoms with E-state index in [9.17, 15) is 19.5 Å². The standard InChI is InChI=1S/C16H13NO5S2/c1-7-2-3-9-8(4-7)11-12-13(17-15(21)24-12)23-6-16(11,5-10(18)19)14(20)22-9/h2-4,11H,5-6H2,1H3,(H,17,21)(H,18,19)/t11-,16+/m0/s1. The maximum absolute atomic E-state index is 12.8. The van der Waals surface area contributed by atoms with Crippen molar-refractivity contribution in [3.05, 3.63) is 43.9 Å². The Bertz CT molecular complexity index is 931. The summed E-state index contributed by atoms with van der Waals surface area (Å²) in [5.41, 5.74) is 0.557. The summed E-state index contributed by atoms with van der Waals surface area (Å²) >= 11 is 2.35. The Morgan fingerprint density at radius 1 is 1.46 bits per heavy atom. The molecule has 6 nitrogen and oxygen atoms in total. The van der Waals surface area contributed by atoms with Gasteiger partial charge in [0.2, 0.25) is 0 Å². The molecule has 2 N–H and O–H groups in total. The minimum atomic E-state index is -1.20. The fourth-order valence-corrected chi connectivity index (χ4v) is 6.00. The van der Waals surface area contributed by atoms with Crippen LogP contribution in [0.2, 0.25) is 0 Å². The molecule has 1 aromatic carbocycles. The highest BCUT2D eigenvalue weighted by Gasteiger charge is 2.57. The van der Waals surface area contributed by atoms with E-state index < -0.39 is 23.3 Å². The van der Waals surface area contributed by atoms with Crippen LogP contribution in [0.5, 0.6) is 5.75 Å². The van der Waals surface area contributed by atoms with Crippen molar-refractivity contribution < 1.29 is 19.4 Å². The molecule has 0 saturated carbocycles. The molecule has 2 aromatic rings. The highest BCUT2D eigenvalue weighted by Crippen LogP contribution is 2.58. The molecule has 0 bridgehead atoms. The van der Waals surface area contributed by atoms with E-state index in [1.54, 1.807) is 6.07 Å². The van der Waals surface area contributed by atoms with Crippen molar-refractivity contribution in [2.24, 2.45) is 5.41 Å². The quantitative estimate of drug-likeness (QED) is 0.628. The maximum atomic E-state index is 12.8. The monoisotopic (exact) mass is 363 g/mol.